The number of anilines is 1. The lowest BCUT2D eigenvalue weighted by atomic mass is 9.92. The van der Waals surface area contributed by atoms with E-state index >= 15 is 0 Å². The Hall–Kier alpha value is -0.940. The number of nitrogens with two attached hydrogens (primary N) is 1. The molecular formula is C12H14BrN3S. The Bertz CT molecular complexity index is 529. The van der Waals surface area contributed by atoms with Crippen LogP contribution in [0.15, 0.2) is 22.0 Å². The molecule has 0 radical (unpaired) electrons. The summed E-state index contributed by atoms with van der Waals surface area (Å²) in [6.45, 7) is 6.33. The number of nitrogens with zero attached hydrogens (tertiary/aromatic N) is 2. The van der Waals surface area contributed by atoms with Gasteiger partial charge in [-0.1, -0.05) is 26.8 Å². The molecule has 0 saturated heterocycles. The molecule has 5 heteroatoms. The standard InChI is InChI=1S/C12H14BrN3S/c1-12(2,3)9-8(13)10(14)16-11(15-9)7-5-4-6-17-7/h4-6H,1-3H3,(H2,14,15,16). The molecule has 2 aromatic rings. The summed E-state index contributed by atoms with van der Waals surface area (Å²) in [4.78, 5) is 9.98. The van der Waals surface area contributed by atoms with Gasteiger partial charge in [-0.2, -0.15) is 0 Å². The van der Waals surface area contributed by atoms with E-state index in [4.69, 9.17) is 5.73 Å². The molecule has 3 nitrogen and oxygen atoms in total. The molecular weight excluding hydrogens is 298 g/mol. The molecule has 0 unspecified atom stereocenters. The first-order valence-electron chi connectivity index (χ1n) is 5.27. The summed E-state index contributed by atoms with van der Waals surface area (Å²) in [5, 5.41) is 2.01. The van der Waals surface area contributed by atoms with Gasteiger partial charge < -0.3 is 5.73 Å². The quantitative estimate of drug-likeness (QED) is 0.870. The summed E-state index contributed by atoms with van der Waals surface area (Å²) < 4.78 is 0.797. The summed E-state index contributed by atoms with van der Waals surface area (Å²) in [6.07, 6.45) is 0. The second-order valence-corrected chi connectivity index (χ2v) is 6.56. The smallest absolute Gasteiger partial charge is 0.171 e. The van der Waals surface area contributed by atoms with E-state index in [0.717, 1.165) is 15.0 Å². The molecule has 0 aliphatic rings. The topological polar surface area (TPSA) is 51.8 Å². The molecule has 0 amide bonds. The predicted molar refractivity (Wildman–Crippen MR) is 76.2 cm³/mol. The van der Waals surface area contributed by atoms with Gasteiger partial charge in [-0.05, 0) is 27.4 Å². The van der Waals surface area contributed by atoms with E-state index in [2.05, 4.69) is 46.7 Å². The third kappa shape index (κ3) is 2.50. The first-order chi connectivity index (χ1) is 7.89. The molecule has 2 aromatic heterocycles. The van der Waals surface area contributed by atoms with Crippen LogP contribution in [-0.2, 0) is 5.41 Å². The van der Waals surface area contributed by atoms with Crippen LogP contribution in [0.2, 0.25) is 0 Å². The van der Waals surface area contributed by atoms with Crippen LogP contribution in [0.25, 0.3) is 10.7 Å². The van der Waals surface area contributed by atoms with Crippen LogP contribution < -0.4 is 5.73 Å². The molecule has 0 saturated carbocycles. The molecule has 2 rings (SSSR count). The third-order valence-corrected chi connectivity index (χ3v) is 3.98. The molecule has 0 aromatic carbocycles. The number of aromatic nitrogens is 2. The van der Waals surface area contributed by atoms with E-state index in [1.54, 1.807) is 11.3 Å². The van der Waals surface area contributed by atoms with Gasteiger partial charge in [0.1, 0.15) is 5.82 Å². The van der Waals surface area contributed by atoms with Gasteiger partial charge in [0.15, 0.2) is 5.82 Å². The minimum atomic E-state index is -0.0676. The van der Waals surface area contributed by atoms with Gasteiger partial charge in [-0.3, -0.25) is 0 Å². The average Bonchev–Trinajstić information content (AvgIpc) is 2.73. The Morgan fingerprint density at radius 2 is 2.00 bits per heavy atom. The van der Waals surface area contributed by atoms with Crippen molar-refractivity contribution < 1.29 is 0 Å². The van der Waals surface area contributed by atoms with Crippen molar-refractivity contribution in [3.8, 4) is 10.7 Å². The first kappa shape index (κ1) is 12.5. The Balaban J connectivity index is 2.62. The lowest BCUT2D eigenvalue weighted by Gasteiger charge is -2.20. The number of hydrogen-bond acceptors (Lipinski definition) is 4. The van der Waals surface area contributed by atoms with Crippen molar-refractivity contribution in [1.82, 2.24) is 9.97 Å². The van der Waals surface area contributed by atoms with Crippen molar-refractivity contribution in [1.29, 1.82) is 0 Å². The van der Waals surface area contributed by atoms with E-state index in [1.165, 1.54) is 0 Å². The minimum Gasteiger partial charge on any atom is -0.383 e. The Labute approximate surface area is 113 Å². The van der Waals surface area contributed by atoms with Gasteiger partial charge in [0.05, 0.1) is 15.0 Å². The molecule has 17 heavy (non-hydrogen) atoms. The highest BCUT2D eigenvalue weighted by Gasteiger charge is 2.22. The third-order valence-electron chi connectivity index (χ3n) is 2.33. The van der Waals surface area contributed by atoms with Crippen LogP contribution in [0.4, 0.5) is 5.82 Å². The van der Waals surface area contributed by atoms with Crippen LogP contribution in [-0.4, -0.2) is 9.97 Å². The first-order valence-corrected chi connectivity index (χ1v) is 6.94. The van der Waals surface area contributed by atoms with Crippen LogP contribution >= 0.6 is 27.3 Å². The predicted octanol–water partition coefficient (Wildman–Crippen LogP) is 3.85. The van der Waals surface area contributed by atoms with Gasteiger partial charge in [0, 0.05) is 5.41 Å². The van der Waals surface area contributed by atoms with Crippen LogP contribution in [0, 0.1) is 0 Å². The molecule has 2 heterocycles. The number of halogens is 1. The van der Waals surface area contributed by atoms with Gasteiger partial charge in [0.25, 0.3) is 0 Å². The normalized spacial score (nSPS) is 11.8. The largest absolute Gasteiger partial charge is 0.383 e. The molecule has 2 N–H and O–H groups in total. The Morgan fingerprint density at radius 3 is 2.53 bits per heavy atom. The molecule has 0 fully saturated rings. The van der Waals surface area contributed by atoms with Gasteiger partial charge in [0.2, 0.25) is 0 Å². The second-order valence-electron chi connectivity index (χ2n) is 4.82. The second kappa shape index (κ2) is 4.38. The maximum Gasteiger partial charge on any atom is 0.171 e. The zero-order valence-corrected chi connectivity index (χ0v) is 12.4. The van der Waals surface area contributed by atoms with E-state index in [9.17, 15) is 0 Å². The van der Waals surface area contributed by atoms with Crippen molar-refractivity contribution in [3.63, 3.8) is 0 Å². The zero-order chi connectivity index (χ0) is 12.6. The van der Waals surface area contributed by atoms with Crippen molar-refractivity contribution in [2.45, 2.75) is 26.2 Å². The summed E-state index contributed by atoms with van der Waals surface area (Å²) in [5.41, 5.74) is 6.80. The van der Waals surface area contributed by atoms with E-state index < -0.39 is 0 Å². The Morgan fingerprint density at radius 1 is 1.29 bits per heavy atom. The Kier molecular flexibility index (Phi) is 3.23. The number of rotatable bonds is 1. The molecule has 90 valence electrons. The fraction of sp³-hybridized carbons (Fsp3) is 0.333. The monoisotopic (exact) mass is 311 g/mol. The van der Waals surface area contributed by atoms with E-state index in [1.807, 2.05) is 17.5 Å². The zero-order valence-electron chi connectivity index (χ0n) is 9.99. The molecule has 0 atom stereocenters. The summed E-state index contributed by atoms with van der Waals surface area (Å²) in [7, 11) is 0. The number of hydrogen-bond donors (Lipinski definition) is 1. The SMILES string of the molecule is CC(C)(C)c1nc(-c2cccs2)nc(N)c1Br. The van der Waals surface area contributed by atoms with Gasteiger partial charge >= 0.3 is 0 Å². The van der Waals surface area contributed by atoms with E-state index in [-0.39, 0.29) is 5.41 Å². The molecule has 0 aliphatic heterocycles. The fourth-order valence-electron chi connectivity index (χ4n) is 1.48. The van der Waals surface area contributed by atoms with Crippen molar-refractivity contribution >= 4 is 33.1 Å². The number of nitrogen functional groups attached to an aromatic ring is 1. The maximum absolute atomic E-state index is 5.93. The van der Waals surface area contributed by atoms with E-state index in [0.29, 0.717) is 11.6 Å². The lowest BCUT2D eigenvalue weighted by Crippen LogP contribution is -2.16. The molecule has 0 bridgehead atoms. The maximum atomic E-state index is 5.93. The fourth-order valence-corrected chi connectivity index (χ4v) is 2.91. The number of thiophene rings is 1. The summed E-state index contributed by atoms with van der Waals surface area (Å²) in [6, 6.07) is 3.98. The highest BCUT2D eigenvalue weighted by atomic mass is 79.9. The molecule has 0 spiro atoms. The van der Waals surface area contributed by atoms with Crippen LogP contribution in [0.3, 0.4) is 0 Å². The average molecular weight is 312 g/mol. The summed E-state index contributed by atoms with van der Waals surface area (Å²) in [5.74, 6) is 1.19. The van der Waals surface area contributed by atoms with Gasteiger partial charge in [-0.15, -0.1) is 11.3 Å². The highest BCUT2D eigenvalue weighted by molar-refractivity contribution is 9.10. The lowest BCUT2D eigenvalue weighted by molar-refractivity contribution is 0.565. The van der Waals surface area contributed by atoms with Crippen molar-refractivity contribution in [3.05, 3.63) is 27.7 Å². The minimum absolute atomic E-state index is 0.0676. The highest BCUT2D eigenvalue weighted by Crippen LogP contribution is 2.33. The summed E-state index contributed by atoms with van der Waals surface area (Å²) >= 11 is 5.08. The van der Waals surface area contributed by atoms with Gasteiger partial charge in [-0.25, -0.2) is 9.97 Å². The van der Waals surface area contributed by atoms with Crippen molar-refractivity contribution in [2.75, 3.05) is 5.73 Å². The van der Waals surface area contributed by atoms with Crippen molar-refractivity contribution in [2.24, 2.45) is 0 Å². The van der Waals surface area contributed by atoms with Crippen LogP contribution in [0.5, 0.6) is 0 Å². The van der Waals surface area contributed by atoms with Crippen LogP contribution in [0.1, 0.15) is 26.5 Å². The molecule has 0 aliphatic carbocycles.